The highest BCUT2D eigenvalue weighted by Crippen LogP contribution is 2.25. The van der Waals surface area contributed by atoms with E-state index >= 15 is 0 Å². The molecule has 1 amide bonds. The Bertz CT molecular complexity index is 459. The smallest absolute Gasteiger partial charge is 0.257 e. The molecule has 2 atom stereocenters. The number of para-hydroxylation sites is 1. The second-order valence-electron chi connectivity index (χ2n) is 5.15. The van der Waals surface area contributed by atoms with Crippen LogP contribution in [0.1, 0.15) is 29.3 Å². The van der Waals surface area contributed by atoms with Crippen molar-refractivity contribution in [3.05, 3.63) is 29.3 Å². The Morgan fingerprint density at radius 2 is 2.22 bits per heavy atom. The zero-order valence-electron chi connectivity index (χ0n) is 10.9. The standard InChI is InChI=1S/C14H20N2O2/c1-9-6-7-16(8-12(9)15)14(18)11-5-3-4-10(2)13(11)17/h3-5,9,12,17H,6-8,15H2,1-2H3. The number of carbonyl (C=O) groups is 1. The van der Waals surface area contributed by atoms with E-state index < -0.39 is 0 Å². The molecular formula is C14H20N2O2. The topological polar surface area (TPSA) is 66.6 Å². The largest absolute Gasteiger partial charge is 0.507 e. The van der Waals surface area contributed by atoms with Crippen LogP contribution in [-0.2, 0) is 0 Å². The first-order chi connectivity index (χ1) is 8.50. The summed E-state index contributed by atoms with van der Waals surface area (Å²) in [6.07, 6.45) is 0.916. The molecule has 0 spiro atoms. The Hall–Kier alpha value is -1.55. The number of nitrogens with two attached hydrogens (primary N) is 1. The summed E-state index contributed by atoms with van der Waals surface area (Å²) >= 11 is 0. The Balaban J connectivity index is 2.19. The first-order valence-corrected chi connectivity index (χ1v) is 6.34. The van der Waals surface area contributed by atoms with E-state index in [1.54, 1.807) is 30.0 Å². The minimum Gasteiger partial charge on any atom is -0.507 e. The summed E-state index contributed by atoms with van der Waals surface area (Å²) in [6.45, 7) is 5.17. The lowest BCUT2D eigenvalue weighted by molar-refractivity contribution is 0.0669. The Labute approximate surface area is 107 Å². The number of rotatable bonds is 1. The van der Waals surface area contributed by atoms with Gasteiger partial charge in [0.05, 0.1) is 5.56 Å². The minimum atomic E-state index is -0.126. The van der Waals surface area contributed by atoms with Gasteiger partial charge in [-0.15, -0.1) is 0 Å². The molecule has 2 rings (SSSR count). The third-order valence-electron chi connectivity index (χ3n) is 3.77. The van der Waals surface area contributed by atoms with Gasteiger partial charge >= 0.3 is 0 Å². The van der Waals surface area contributed by atoms with Crippen LogP contribution < -0.4 is 5.73 Å². The number of hydrogen-bond acceptors (Lipinski definition) is 3. The first kappa shape index (κ1) is 12.9. The van der Waals surface area contributed by atoms with Crippen LogP contribution in [0.2, 0.25) is 0 Å². The van der Waals surface area contributed by atoms with Gasteiger partial charge in [-0.2, -0.15) is 0 Å². The van der Waals surface area contributed by atoms with E-state index in [9.17, 15) is 9.90 Å². The predicted molar refractivity (Wildman–Crippen MR) is 70.5 cm³/mol. The van der Waals surface area contributed by atoms with E-state index in [4.69, 9.17) is 5.73 Å². The fourth-order valence-electron chi connectivity index (χ4n) is 2.29. The van der Waals surface area contributed by atoms with E-state index in [1.807, 2.05) is 0 Å². The molecule has 0 bridgehead atoms. The molecule has 4 nitrogen and oxygen atoms in total. The summed E-state index contributed by atoms with van der Waals surface area (Å²) in [5, 5.41) is 9.94. The maximum atomic E-state index is 12.3. The van der Waals surface area contributed by atoms with Gasteiger partial charge in [-0.25, -0.2) is 0 Å². The van der Waals surface area contributed by atoms with Crippen molar-refractivity contribution in [2.24, 2.45) is 11.7 Å². The van der Waals surface area contributed by atoms with E-state index in [1.165, 1.54) is 0 Å². The number of aromatic hydroxyl groups is 1. The second-order valence-corrected chi connectivity index (χ2v) is 5.15. The van der Waals surface area contributed by atoms with Gasteiger partial charge in [-0.3, -0.25) is 4.79 Å². The van der Waals surface area contributed by atoms with Crippen molar-refractivity contribution in [3.63, 3.8) is 0 Å². The van der Waals surface area contributed by atoms with Crippen LogP contribution in [0, 0.1) is 12.8 Å². The SMILES string of the molecule is Cc1cccc(C(=O)N2CCC(C)C(N)C2)c1O. The number of likely N-dealkylation sites (tertiary alicyclic amines) is 1. The maximum Gasteiger partial charge on any atom is 0.257 e. The predicted octanol–water partition coefficient (Wildman–Crippen LogP) is 1.51. The number of carbonyl (C=O) groups excluding carboxylic acids is 1. The lowest BCUT2D eigenvalue weighted by Crippen LogP contribution is -2.49. The highest BCUT2D eigenvalue weighted by Gasteiger charge is 2.28. The lowest BCUT2D eigenvalue weighted by Gasteiger charge is -2.35. The van der Waals surface area contributed by atoms with Gasteiger partial charge in [0.1, 0.15) is 5.75 Å². The fourth-order valence-corrected chi connectivity index (χ4v) is 2.29. The lowest BCUT2D eigenvalue weighted by atomic mass is 9.93. The third kappa shape index (κ3) is 2.34. The summed E-state index contributed by atoms with van der Waals surface area (Å²) < 4.78 is 0. The van der Waals surface area contributed by atoms with Gasteiger partial charge in [-0.05, 0) is 30.9 Å². The molecule has 1 saturated heterocycles. The number of phenols is 1. The van der Waals surface area contributed by atoms with Crippen LogP contribution in [0.15, 0.2) is 18.2 Å². The normalized spacial score (nSPS) is 24.1. The molecule has 0 saturated carbocycles. The van der Waals surface area contributed by atoms with Crippen LogP contribution in [0.5, 0.6) is 5.75 Å². The van der Waals surface area contributed by atoms with Gasteiger partial charge in [0.25, 0.3) is 5.91 Å². The van der Waals surface area contributed by atoms with Crippen LogP contribution in [0.4, 0.5) is 0 Å². The van der Waals surface area contributed by atoms with Crippen LogP contribution in [0.3, 0.4) is 0 Å². The molecular weight excluding hydrogens is 228 g/mol. The molecule has 1 aliphatic rings. The van der Waals surface area contributed by atoms with Crippen molar-refractivity contribution >= 4 is 5.91 Å². The first-order valence-electron chi connectivity index (χ1n) is 6.34. The number of aryl methyl sites for hydroxylation is 1. The zero-order valence-corrected chi connectivity index (χ0v) is 10.9. The summed E-state index contributed by atoms with van der Waals surface area (Å²) in [7, 11) is 0. The van der Waals surface area contributed by atoms with E-state index in [0.717, 1.165) is 12.0 Å². The summed E-state index contributed by atoms with van der Waals surface area (Å²) in [4.78, 5) is 14.1. The summed E-state index contributed by atoms with van der Waals surface area (Å²) in [5.74, 6) is 0.397. The third-order valence-corrected chi connectivity index (χ3v) is 3.77. The van der Waals surface area contributed by atoms with Gasteiger partial charge in [0, 0.05) is 19.1 Å². The second kappa shape index (κ2) is 4.98. The summed E-state index contributed by atoms with van der Waals surface area (Å²) in [6, 6.07) is 5.26. The van der Waals surface area contributed by atoms with Crippen LogP contribution in [-0.4, -0.2) is 35.0 Å². The van der Waals surface area contributed by atoms with Gasteiger partial charge in [0.15, 0.2) is 0 Å². The number of amides is 1. The molecule has 1 aliphatic heterocycles. The van der Waals surface area contributed by atoms with Gasteiger partial charge in [-0.1, -0.05) is 19.1 Å². The number of benzene rings is 1. The molecule has 98 valence electrons. The maximum absolute atomic E-state index is 12.3. The molecule has 0 aromatic heterocycles. The zero-order chi connectivity index (χ0) is 13.3. The molecule has 1 fully saturated rings. The molecule has 0 aliphatic carbocycles. The average Bonchev–Trinajstić information content (AvgIpc) is 2.35. The van der Waals surface area contributed by atoms with Crippen molar-refractivity contribution in [2.75, 3.05) is 13.1 Å². The molecule has 2 unspecified atom stereocenters. The number of phenolic OH excluding ortho intramolecular Hbond substituents is 1. The van der Waals surface area contributed by atoms with Crippen LogP contribution in [0.25, 0.3) is 0 Å². The fraction of sp³-hybridized carbons (Fsp3) is 0.500. The summed E-state index contributed by atoms with van der Waals surface area (Å²) in [5.41, 5.74) is 7.09. The van der Waals surface area contributed by atoms with E-state index in [2.05, 4.69) is 6.92 Å². The molecule has 4 heteroatoms. The Morgan fingerprint density at radius 1 is 1.50 bits per heavy atom. The monoisotopic (exact) mass is 248 g/mol. The Morgan fingerprint density at radius 3 is 2.89 bits per heavy atom. The molecule has 18 heavy (non-hydrogen) atoms. The van der Waals surface area contributed by atoms with Crippen molar-refractivity contribution in [1.29, 1.82) is 0 Å². The molecule has 1 aromatic carbocycles. The minimum absolute atomic E-state index is 0.0228. The highest BCUT2D eigenvalue weighted by molar-refractivity contribution is 5.97. The van der Waals surface area contributed by atoms with Crippen molar-refractivity contribution in [2.45, 2.75) is 26.3 Å². The van der Waals surface area contributed by atoms with Gasteiger partial charge < -0.3 is 15.7 Å². The average molecular weight is 248 g/mol. The number of nitrogens with zero attached hydrogens (tertiary/aromatic N) is 1. The van der Waals surface area contributed by atoms with Crippen molar-refractivity contribution in [1.82, 2.24) is 4.90 Å². The molecule has 3 N–H and O–H groups in total. The number of hydrogen-bond donors (Lipinski definition) is 2. The quantitative estimate of drug-likeness (QED) is 0.791. The van der Waals surface area contributed by atoms with Gasteiger partial charge in [0.2, 0.25) is 0 Å². The van der Waals surface area contributed by atoms with Crippen LogP contribution >= 0.6 is 0 Å². The van der Waals surface area contributed by atoms with E-state index in [-0.39, 0.29) is 17.7 Å². The molecule has 1 heterocycles. The Kier molecular flexibility index (Phi) is 3.57. The van der Waals surface area contributed by atoms with E-state index in [0.29, 0.717) is 24.6 Å². The highest BCUT2D eigenvalue weighted by atomic mass is 16.3. The van der Waals surface area contributed by atoms with Crippen molar-refractivity contribution < 1.29 is 9.90 Å². The number of piperidine rings is 1. The molecule has 1 aromatic rings. The molecule has 0 radical (unpaired) electrons. The van der Waals surface area contributed by atoms with Crippen molar-refractivity contribution in [3.8, 4) is 5.75 Å².